The van der Waals surface area contributed by atoms with Gasteiger partial charge in [0.15, 0.2) is 18.1 Å². The summed E-state index contributed by atoms with van der Waals surface area (Å²) in [5, 5.41) is 13.8. The van der Waals surface area contributed by atoms with E-state index < -0.39 is 81.8 Å². The second-order valence-corrected chi connectivity index (χ2v) is 17.5. The lowest BCUT2D eigenvalue weighted by Crippen LogP contribution is -2.51. The molecule has 0 bridgehead atoms. The van der Waals surface area contributed by atoms with Crippen LogP contribution in [0, 0.1) is 11.3 Å². The first-order chi connectivity index (χ1) is 32.5. The molecule has 3 aliphatic rings. The van der Waals surface area contributed by atoms with Gasteiger partial charge in [-0.15, -0.1) is 0 Å². The van der Waals surface area contributed by atoms with Gasteiger partial charge in [-0.3, -0.25) is 29.6 Å². The van der Waals surface area contributed by atoms with Crippen molar-refractivity contribution >= 4 is 44.4 Å². The van der Waals surface area contributed by atoms with E-state index in [2.05, 4.69) is 26.4 Å². The van der Waals surface area contributed by atoms with Crippen LogP contribution in [0.3, 0.4) is 0 Å². The fourth-order valence-corrected chi connectivity index (χ4v) is 9.69. The van der Waals surface area contributed by atoms with Crippen LogP contribution in [0.2, 0.25) is 0 Å². The number of alkyl halides is 3. The van der Waals surface area contributed by atoms with E-state index in [9.17, 15) is 32.8 Å². The molecule has 22 heteroatoms. The van der Waals surface area contributed by atoms with Crippen molar-refractivity contribution in [3.05, 3.63) is 95.6 Å². The molecule has 6 rings (SSSR count). The molecule has 3 aromatic rings. The molecule has 0 aliphatic carbocycles. The van der Waals surface area contributed by atoms with Crippen molar-refractivity contribution in [2.45, 2.75) is 95.5 Å². The normalized spacial score (nSPS) is 20.8. The number of fused-ring (bicyclic) bond motifs is 1. The van der Waals surface area contributed by atoms with Crippen LogP contribution in [0.4, 0.5) is 13.2 Å². The smallest absolute Gasteiger partial charge is 0.471 e. The minimum atomic E-state index is -5.15. The fraction of sp³-hybridized carbons (Fsp3) is 0.457. The molecule has 18 nitrogen and oxygen atoms in total. The largest absolute Gasteiger partial charge is 0.497 e. The van der Waals surface area contributed by atoms with Crippen molar-refractivity contribution in [2.75, 3.05) is 40.6 Å². The Morgan fingerprint density at radius 3 is 2.04 bits per heavy atom. The Morgan fingerprint density at radius 1 is 0.897 bits per heavy atom. The summed E-state index contributed by atoms with van der Waals surface area (Å²) < 4.78 is 87.0. The van der Waals surface area contributed by atoms with E-state index in [1.54, 1.807) is 38.5 Å². The summed E-state index contributed by atoms with van der Waals surface area (Å²) in [4.78, 5) is 51.4. The first-order valence-corrected chi connectivity index (χ1v) is 22.8. The van der Waals surface area contributed by atoms with Gasteiger partial charge in [0, 0.05) is 25.6 Å². The number of guanidine groups is 1. The molecule has 0 radical (unpaired) electrons. The first kappa shape index (κ1) is 51.5. The quantitative estimate of drug-likeness (QED) is 0.0758. The summed E-state index contributed by atoms with van der Waals surface area (Å²) in [5.41, 5.74) is 0.733. The first-order valence-electron chi connectivity index (χ1n) is 21.7. The summed E-state index contributed by atoms with van der Waals surface area (Å²) in [6, 6.07) is 24.7. The van der Waals surface area contributed by atoms with Gasteiger partial charge in [0.2, 0.25) is 11.9 Å². The number of methoxy groups -OCH3 is 2. The summed E-state index contributed by atoms with van der Waals surface area (Å²) in [5.74, 6) is -2.55. The van der Waals surface area contributed by atoms with E-state index in [1.807, 2.05) is 92.3 Å². The molecular formula is C46H54F3N8O10P. The second-order valence-electron chi connectivity index (χ2n) is 16.1. The molecule has 2 unspecified atom stereocenters. The zero-order chi connectivity index (χ0) is 49.2. The molecule has 0 spiro atoms. The van der Waals surface area contributed by atoms with Crippen LogP contribution in [0.5, 0.6) is 11.5 Å². The molecule has 0 aromatic heterocycles. The van der Waals surface area contributed by atoms with E-state index in [1.165, 1.54) is 18.2 Å². The molecule has 3 aliphatic heterocycles. The number of ether oxygens (including phenoxy) is 5. The lowest BCUT2D eigenvalue weighted by molar-refractivity contribution is -0.174. The number of rotatable bonds is 21. The molecule has 3 aromatic carbocycles. The van der Waals surface area contributed by atoms with Crippen LogP contribution in [0.15, 0.2) is 93.8 Å². The Balaban J connectivity index is 1.50. The number of nitrogens with zero attached hydrogens (tertiary/aromatic N) is 6. The minimum absolute atomic E-state index is 0.00617. The van der Waals surface area contributed by atoms with E-state index in [-0.39, 0.29) is 43.5 Å². The van der Waals surface area contributed by atoms with Crippen LogP contribution >= 0.6 is 8.53 Å². The van der Waals surface area contributed by atoms with Crippen molar-refractivity contribution < 1.29 is 60.3 Å². The summed E-state index contributed by atoms with van der Waals surface area (Å²) in [6.45, 7) is 7.69. The van der Waals surface area contributed by atoms with Crippen LogP contribution in [-0.2, 0) is 43.2 Å². The van der Waals surface area contributed by atoms with E-state index >= 15 is 0 Å². The zero-order valence-electron chi connectivity index (χ0n) is 38.5. The molecule has 3 amide bonds. The highest BCUT2D eigenvalue weighted by atomic mass is 31.2. The highest BCUT2D eigenvalue weighted by Gasteiger charge is 2.55. The summed E-state index contributed by atoms with van der Waals surface area (Å²) in [6.07, 6.45) is -8.69. The summed E-state index contributed by atoms with van der Waals surface area (Å²) >= 11 is 0. The molecule has 68 heavy (non-hydrogen) atoms. The molecular weight excluding hydrogens is 913 g/mol. The van der Waals surface area contributed by atoms with Gasteiger partial charge < -0.3 is 38.0 Å². The Labute approximate surface area is 393 Å². The monoisotopic (exact) mass is 966 g/mol. The molecule has 1 saturated heterocycles. The van der Waals surface area contributed by atoms with Crippen molar-refractivity contribution in [3.8, 4) is 17.6 Å². The van der Waals surface area contributed by atoms with Crippen LogP contribution in [0.1, 0.15) is 57.7 Å². The molecule has 2 N–H and O–H groups in total. The average molecular weight is 967 g/mol. The third kappa shape index (κ3) is 11.9. The number of nitrogens with one attached hydrogen (secondary N) is 2. The van der Waals surface area contributed by atoms with Gasteiger partial charge >= 0.3 is 12.1 Å². The number of benzene rings is 3. The number of nitriles is 1. The van der Waals surface area contributed by atoms with Gasteiger partial charge in [-0.1, -0.05) is 54.6 Å². The topological polar surface area (TPSA) is 207 Å². The average Bonchev–Trinajstić information content (AvgIpc) is 3.88. The second kappa shape index (κ2) is 23.0. The van der Waals surface area contributed by atoms with Crippen molar-refractivity contribution in [2.24, 2.45) is 15.0 Å². The Hall–Kier alpha value is -5.85. The fourth-order valence-electron chi connectivity index (χ4n) is 7.92. The molecule has 3 heterocycles. The van der Waals surface area contributed by atoms with Gasteiger partial charge in [0.05, 0.1) is 52.9 Å². The van der Waals surface area contributed by atoms with Gasteiger partial charge in [0.1, 0.15) is 35.4 Å². The van der Waals surface area contributed by atoms with Crippen LogP contribution in [-0.4, -0.2) is 135 Å². The van der Waals surface area contributed by atoms with Crippen molar-refractivity contribution in [1.29, 1.82) is 5.26 Å². The van der Waals surface area contributed by atoms with E-state index in [0.29, 0.717) is 22.6 Å². The van der Waals surface area contributed by atoms with Gasteiger partial charge in [-0.25, -0.2) is 4.67 Å². The van der Waals surface area contributed by atoms with Crippen molar-refractivity contribution in [1.82, 2.24) is 20.2 Å². The number of hydrogen-bond donors (Lipinski definition) is 2. The predicted octanol–water partition coefficient (Wildman–Crippen LogP) is 5.61. The maximum absolute atomic E-state index is 13.3. The van der Waals surface area contributed by atoms with Gasteiger partial charge in [-0.2, -0.15) is 28.4 Å². The molecule has 364 valence electrons. The van der Waals surface area contributed by atoms with Gasteiger partial charge in [0.25, 0.3) is 14.4 Å². The third-order valence-corrected chi connectivity index (χ3v) is 13.0. The Morgan fingerprint density at radius 2 is 1.50 bits per heavy atom. The lowest BCUT2D eigenvalue weighted by Gasteiger charge is -2.39. The Bertz CT molecular complexity index is 2290. The van der Waals surface area contributed by atoms with Crippen LogP contribution in [0.25, 0.3) is 0 Å². The van der Waals surface area contributed by atoms with Crippen LogP contribution < -0.4 is 20.1 Å². The molecule has 0 saturated carbocycles. The maximum atomic E-state index is 13.3. The minimum Gasteiger partial charge on any atom is -0.497 e. The number of hydrogen-bond acceptors (Lipinski definition) is 15. The number of aliphatic imine (C=N–C) groups is 3. The number of carbonyl (C=O) groups excluding carboxylic acids is 3. The van der Waals surface area contributed by atoms with Crippen molar-refractivity contribution in [3.63, 3.8) is 0 Å². The Kier molecular flexibility index (Phi) is 17.4. The molecule has 1 fully saturated rings. The zero-order valence-corrected chi connectivity index (χ0v) is 39.4. The van der Waals surface area contributed by atoms with E-state index in [0.717, 1.165) is 5.56 Å². The third-order valence-electron chi connectivity index (χ3n) is 10.8. The van der Waals surface area contributed by atoms with E-state index in [4.69, 9.17) is 32.7 Å². The SMILES string of the molecule is COc1ccc(C(OC[C@H]2O[C@@H](N3C=NC4C(=O)N=C(NC(C)=O)N=C43)[C@H](OCCNC(=O)C(F)(F)F)[C@@H]2OP(OCCC#N)N(C(C)C)C(C)C)(c2ccccc2)c2ccc(OC)cc2)cc1. The standard InChI is InChI=1S/C46H54F3N8O10P/c1-28(2)57(29(3)4)68(65-24-11-22-50)67-38-36(26-64-45(31-12-9-8-10-13-31,32-14-18-34(61-6)19-15-32)33-16-20-35(62-7)21-17-33)66-42(39(38)63-25-23-51-43(60)46(47,48)49)56-27-52-37-40(56)54-44(53-30(5)58)55-41(37)59/h8-10,12-21,27-29,36-39,42H,11,23-26H2,1-7H3,(H,51,60)(H,53,55,58,59)/t36-,37?,38-,39-,42-,68?/m1/s1. The number of carbonyl (C=O) groups is 3. The number of halogens is 3. The maximum Gasteiger partial charge on any atom is 0.471 e. The number of amidine groups is 1. The highest BCUT2D eigenvalue weighted by Crippen LogP contribution is 2.51. The van der Waals surface area contributed by atoms with Gasteiger partial charge in [-0.05, 0) is 68.7 Å². The summed E-state index contributed by atoms with van der Waals surface area (Å²) in [7, 11) is 1.06. The highest BCUT2D eigenvalue weighted by molar-refractivity contribution is 7.44. The number of amides is 3. The molecule has 6 atom stereocenters. The predicted molar refractivity (Wildman–Crippen MR) is 244 cm³/mol. The lowest BCUT2D eigenvalue weighted by atomic mass is 9.80.